The lowest BCUT2D eigenvalue weighted by Crippen LogP contribution is -2.27. The lowest BCUT2D eigenvalue weighted by atomic mass is 10.2. The highest BCUT2D eigenvalue weighted by Crippen LogP contribution is 2.26. The molecule has 100 valence electrons. The molecule has 0 aliphatic carbocycles. The Kier molecular flexibility index (Phi) is 4.34. The van der Waals surface area contributed by atoms with Gasteiger partial charge in [-0.25, -0.2) is 9.97 Å². The minimum Gasteiger partial charge on any atom is -0.372 e. The van der Waals surface area contributed by atoms with E-state index in [1.165, 1.54) is 23.7 Å². The molecule has 0 bridgehead atoms. The van der Waals surface area contributed by atoms with Gasteiger partial charge in [0.05, 0.1) is 22.8 Å². The molecule has 2 rings (SSSR count). The molecular formula is C12H13ClN4OS. The van der Waals surface area contributed by atoms with Crippen molar-refractivity contribution in [3.63, 3.8) is 0 Å². The first-order chi connectivity index (χ1) is 9.10. The Morgan fingerprint density at radius 3 is 2.68 bits per heavy atom. The van der Waals surface area contributed by atoms with E-state index in [0.29, 0.717) is 10.2 Å². The summed E-state index contributed by atoms with van der Waals surface area (Å²) in [5.74, 6) is 0.363. The maximum atomic E-state index is 12.0. The number of nitrogens with one attached hydrogen (secondary N) is 2. The highest BCUT2D eigenvalue weighted by Gasteiger charge is 2.14. The van der Waals surface area contributed by atoms with E-state index >= 15 is 0 Å². The van der Waals surface area contributed by atoms with E-state index in [9.17, 15) is 4.79 Å². The third-order valence-electron chi connectivity index (χ3n) is 2.51. The molecule has 2 heterocycles. The van der Waals surface area contributed by atoms with Crippen molar-refractivity contribution in [2.75, 3.05) is 12.4 Å². The van der Waals surface area contributed by atoms with Crippen molar-refractivity contribution in [3.8, 4) is 0 Å². The molecule has 2 aromatic rings. The molecule has 2 aromatic heterocycles. The molecular weight excluding hydrogens is 284 g/mol. The van der Waals surface area contributed by atoms with E-state index in [4.69, 9.17) is 11.6 Å². The number of thiophene rings is 1. The van der Waals surface area contributed by atoms with Crippen molar-refractivity contribution >= 4 is 34.7 Å². The second kappa shape index (κ2) is 5.99. The molecule has 7 heteroatoms. The summed E-state index contributed by atoms with van der Waals surface area (Å²) < 4.78 is 0.703. The van der Waals surface area contributed by atoms with E-state index in [1.807, 2.05) is 19.1 Å². The van der Waals surface area contributed by atoms with Gasteiger partial charge < -0.3 is 10.6 Å². The van der Waals surface area contributed by atoms with Gasteiger partial charge in [-0.15, -0.1) is 11.3 Å². The predicted molar refractivity (Wildman–Crippen MR) is 76.8 cm³/mol. The number of hydrogen-bond acceptors (Lipinski definition) is 5. The minimum atomic E-state index is -0.257. The molecule has 0 aromatic carbocycles. The molecule has 2 N–H and O–H groups in total. The average molecular weight is 297 g/mol. The Hall–Kier alpha value is -1.66. The number of aromatic nitrogens is 2. The van der Waals surface area contributed by atoms with Crippen molar-refractivity contribution in [1.82, 2.24) is 15.3 Å². The fraction of sp³-hybridized carbons (Fsp3) is 0.250. The number of rotatable bonds is 4. The maximum Gasteiger partial charge on any atom is 0.271 e. The molecule has 5 nitrogen and oxygen atoms in total. The maximum absolute atomic E-state index is 12.0. The number of hydrogen-bond donors (Lipinski definition) is 2. The van der Waals surface area contributed by atoms with E-state index in [-0.39, 0.29) is 17.6 Å². The average Bonchev–Trinajstić information content (AvgIpc) is 2.85. The fourth-order valence-corrected chi connectivity index (χ4v) is 2.54. The zero-order valence-electron chi connectivity index (χ0n) is 10.5. The highest BCUT2D eigenvalue weighted by molar-refractivity contribution is 7.16. The summed E-state index contributed by atoms with van der Waals surface area (Å²) >= 11 is 7.31. The summed E-state index contributed by atoms with van der Waals surface area (Å²) in [5, 5.41) is 5.70. The van der Waals surface area contributed by atoms with Crippen molar-refractivity contribution in [1.29, 1.82) is 0 Å². The third-order valence-corrected chi connectivity index (χ3v) is 3.92. The summed E-state index contributed by atoms with van der Waals surface area (Å²) in [5.41, 5.74) is 0.286. The van der Waals surface area contributed by atoms with Crippen LogP contribution in [0.3, 0.4) is 0 Å². The van der Waals surface area contributed by atoms with E-state index in [1.54, 1.807) is 7.05 Å². The summed E-state index contributed by atoms with van der Waals surface area (Å²) in [6, 6.07) is 3.59. The lowest BCUT2D eigenvalue weighted by Gasteiger charge is -2.11. The van der Waals surface area contributed by atoms with Gasteiger partial charge in [-0.1, -0.05) is 11.6 Å². The van der Waals surface area contributed by atoms with Crippen molar-refractivity contribution in [3.05, 3.63) is 39.4 Å². The summed E-state index contributed by atoms with van der Waals surface area (Å²) in [6.45, 7) is 1.90. The second-order valence-corrected chi connectivity index (χ2v) is 5.62. The van der Waals surface area contributed by atoms with Crippen LogP contribution in [0.2, 0.25) is 4.34 Å². The smallest absolute Gasteiger partial charge is 0.271 e. The Bertz CT molecular complexity index is 569. The van der Waals surface area contributed by atoms with Gasteiger partial charge in [0.25, 0.3) is 5.91 Å². The van der Waals surface area contributed by atoms with Crippen LogP contribution >= 0.6 is 22.9 Å². The number of carbonyl (C=O) groups is 1. The van der Waals surface area contributed by atoms with E-state index in [2.05, 4.69) is 20.6 Å². The minimum absolute atomic E-state index is 0.115. The quantitative estimate of drug-likeness (QED) is 0.910. The zero-order valence-corrected chi connectivity index (χ0v) is 12.0. The van der Waals surface area contributed by atoms with Crippen LogP contribution in [0.1, 0.15) is 28.3 Å². The first-order valence-electron chi connectivity index (χ1n) is 5.66. The lowest BCUT2D eigenvalue weighted by molar-refractivity contribution is 0.0935. The highest BCUT2D eigenvalue weighted by atomic mass is 35.5. The molecule has 1 amide bonds. The number of nitrogens with zero attached hydrogens (tertiary/aromatic N) is 2. The van der Waals surface area contributed by atoms with Crippen LogP contribution in [0.25, 0.3) is 0 Å². The molecule has 19 heavy (non-hydrogen) atoms. The van der Waals surface area contributed by atoms with Gasteiger partial charge in [-0.05, 0) is 19.1 Å². The topological polar surface area (TPSA) is 66.9 Å². The molecule has 0 saturated heterocycles. The Labute approximate surface area is 120 Å². The first-order valence-corrected chi connectivity index (χ1v) is 6.85. The van der Waals surface area contributed by atoms with Gasteiger partial charge in [0.1, 0.15) is 11.5 Å². The van der Waals surface area contributed by atoms with Crippen molar-refractivity contribution in [2.45, 2.75) is 13.0 Å². The number of amides is 1. The Morgan fingerprint density at radius 1 is 1.37 bits per heavy atom. The predicted octanol–water partition coefficient (Wildman–Crippen LogP) is 2.72. The van der Waals surface area contributed by atoms with Gasteiger partial charge in [0, 0.05) is 11.9 Å². The molecule has 0 aliphatic rings. The number of anilines is 1. The molecule has 1 atom stereocenters. The van der Waals surface area contributed by atoms with Crippen LogP contribution in [0.5, 0.6) is 0 Å². The molecule has 0 aliphatic heterocycles. The van der Waals surface area contributed by atoms with Crippen LogP contribution in [0.4, 0.5) is 5.82 Å². The van der Waals surface area contributed by atoms with Gasteiger partial charge in [-0.3, -0.25) is 4.79 Å². The van der Waals surface area contributed by atoms with Gasteiger partial charge in [-0.2, -0.15) is 0 Å². The van der Waals surface area contributed by atoms with Crippen LogP contribution in [0.15, 0.2) is 24.5 Å². The van der Waals surface area contributed by atoms with Gasteiger partial charge in [0.15, 0.2) is 0 Å². The molecule has 0 radical (unpaired) electrons. The van der Waals surface area contributed by atoms with Crippen LogP contribution in [-0.2, 0) is 0 Å². The van der Waals surface area contributed by atoms with Gasteiger partial charge >= 0.3 is 0 Å². The molecule has 0 spiro atoms. The SMILES string of the molecule is CNc1cnc(C(=O)NC(C)c2ccc(Cl)s2)cn1. The summed E-state index contributed by atoms with van der Waals surface area (Å²) in [7, 11) is 1.74. The van der Waals surface area contributed by atoms with Crippen molar-refractivity contribution in [2.24, 2.45) is 0 Å². The Balaban J connectivity index is 2.03. The van der Waals surface area contributed by atoms with Crippen LogP contribution in [-0.4, -0.2) is 22.9 Å². The summed E-state index contributed by atoms with van der Waals surface area (Å²) in [4.78, 5) is 21.1. The number of carbonyl (C=O) groups excluding carboxylic acids is 1. The second-order valence-electron chi connectivity index (χ2n) is 3.87. The van der Waals surface area contributed by atoms with E-state index in [0.717, 1.165) is 4.88 Å². The monoisotopic (exact) mass is 296 g/mol. The third kappa shape index (κ3) is 3.42. The zero-order chi connectivity index (χ0) is 13.8. The molecule has 0 saturated carbocycles. The largest absolute Gasteiger partial charge is 0.372 e. The van der Waals surface area contributed by atoms with Crippen LogP contribution in [0, 0.1) is 0 Å². The van der Waals surface area contributed by atoms with Crippen molar-refractivity contribution < 1.29 is 4.79 Å². The molecule has 1 unspecified atom stereocenters. The number of halogens is 1. The fourth-order valence-electron chi connectivity index (χ4n) is 1.48. The first kappa shape index (κ1) is 13.8. The summed E-state index contributed by atoms with van der Waals surface area (Å²) in [6.07, 6.45) is 2.96. The van der Waals surface area contributed by atoms with Crippen LogP contribution < -0.4 is 10.6 Å². The standard InChI is InChI=1S/C12H13ClN4OS/c1-7(9-3-4-10(13)19-9)17-12(18)8-5-16-11(14-2)6-15-8/h3-7H,1-2H3,(H,14,16)(H,17,18). The molecule has 0 fully saturated rings. The normalized spacial score (nSPS) is 11.9. The van der Waals surface area contributed by atoms with E-state index < -0.39 is 0 Å². The Morgan fingerprint density at radius 2 is 2.16 bits per heavy atom. The van der Waals surface area contributed by atoms with Gasteiger partial charge in [0.2, 0.25) is 0 Å².